The molecule has 2 fully saturated rings. The zero-order valence-corrected chi connectivity index (χ0v) is 23.9. The van der Waals surface area contributed by atoms with Crippen LogP contribution in [0.25, 0.3) is 0 Å². The minimum atomic E-state index is -0.832. The average Bonchev–Trinajstić information content (AvgIpc) is 3.09. The van der Waals surface area contributed by atoms with Crippen molar-refractivity contribution in [2.24, 2.45) is 11.8 Å². The van der Waals surface area contributed by atoms with Gasteiger partial charge in [0.05, 0.1) is 26.2 Å². The lowest BCUT2D eigenvalue weighted by molar-refractivity contribution is -0.122. The zero-order valence-electron chi connectivity index (χ0n) is 20.7. The minimum absolute atomic E-state index is 0.0425. The lowest BCUT2D eigenvalue weighted by Crippen LogP contribution is -2.56. The van der Waals surface area contributed by atoms with E-state index < -0.39 is 20.5 Å². The molecule has 0 N–H and O–H groups in total. The van der Waals surface area contributed by atoms with E-state index in [1.807, 2.05) is 53.4 Å². The van der Waals surface area contributed by atoms with Crippen molar-refractivity contribution in [2.75, 3.05) is 18.0 Å². The van der Waals surface area contributed by atoms with Gasteiger partial charge >= 0.3 is 0 Å². The van der Waals surface area contributed by atoms with Crippen LogP contribution in [0.4, 0.5) is 5.69 Å². The number of amides is 3. The van der Waals surface area contributed by atoms with Gasteiger partial charge in [0, 0.05) is 18.7 Å². The van der Waals surface area contributed by atoms with Crippen LogP contribution < -0.4 is 4.90 Å². The van der Waals surface area contributed by atoms with Gasteiger partial charge in [-0.1, -0.05) is 99.3 Å². The maximum absolute atomic E-state index is 14.3. The number of carbonyl (C=O) groups is 3. The predicted molar refractivity (Wildman–Crippen MR) is 153 cm³/mol. The first-order valence-corrected chi connectivity index (χ1v) is 14.8. The monoisotopic (exact) mass is 632 g/mol. The molecule has 3 aliphatic carbocycles. The van der Waals surface area contributed by atoms with Crippen molar-refractivity contribution < 1.29 is 14.4 Å². The van der Waals surface area contributed by atoms with E-state index in [0.29, 0.717) is 11.3 Å². The SMILES string of the molecule is O=C(c1cccc(N2C(=O)[C@@H]3[C@@H](C2=O)C2(Br)c4ccccc4C3(Br)c3ccccc32)c1)N1CCCCCC1. The molecule has 5 nitrogen and oxygen atoms in total. The van der Waals surface area contributed by atoms with Crippen LogP contribution in [0.15, 0.2) is 72.8 Å². The number of likely N-dealkylation sites (tertiary alicyclic amines) is 1. The number of anilines is 1. The Morgan fingerprint density at radius 3 is 1.63 bits per heavy atom. The second kappa shape index (κ2) is 8.62. The number of rotatable bonds is 2. The van der Waals surface area contributed by atoms with Crippen LogP contribution in [-0.2, 0) is 18.2 Å². The van der Waals surface area contributed by atoms with Crippen LogP contribution in [0.2, 0.25) is 0 Å². The first-order valence-electron chi connectivity index (χ1n) is 13.2. The molecule has 0 spiro atoms. The second-order valence-electron chi connectivity index (χ2n) is 10.7. The number of hydrogen-bond donors (Lipinski definition) is 0. The number of carbonyl (C=O) groups excluding carboxylic acids is 3. The largest absolute Gasteiger partial charge is 0.339 e. The molecule has 5 aliphatic rings. The van der Waals surface area contributed by atoms with Crippen LogP contribution in [0.5, 0.6) is 0 Å². The highest BCUT2D eigenvalue weighted by molar-refractivity contribution is 9.10. The topological polar surface area (TPSA) is 57.7 Å². The third-order valence-electron chi connectivity index (χ3n) is 8.83. The first-order chi connectivity index (χ1) is 18.4. The summed E-state index contributed by atoms with van der Waals surface area (Å²) in [6, 6.07) is 23.1. The van der Waals surface area contributed by atoms with Crippen LogP contribution in [0, 0.1) is 11.8 Å². The van der Waals surface area contributed by atoms with Gasteiger partial charge in [0.2, 0.25) is 11.8 Å². The molecule has 192 valence electrons. The molecule has 2 atom stereocenters. The third kappa shape index (κ3) is 3.06. The molecular formula is C31H26Br2N2O3. The lowest BCUT2D eigenvalue weighted by Gasteiger charge is -2.55. The van der Waals surface area contributed by atoms with E-state index in [0.717, 1.165) is 61.0 Å². The molecule has 7 heteroatoms. The van der Waals surface area contributed by atoms with Crippen LogP contribution in [0.3, 0.4) is 0 Å². The standard InChI is InChI=1S/C31H26Br2N2O3/c32-30-21-12-3-4-13-22(21)31(33,24-15-6-5-14-23(24)30)26-25(30)28(37)35(29(26)38)20-11-9-10-19(18-20)27(36)34-16-7-1-2-8-17-34/h3-6,9-15,18,25-26H,1-2,7-8,16-17H2/t25-,26-,30?,31?/m0/s1. The molecule has 2 bridgehead atoms. The molecule has 2 aliphatic heterocycles. The molecule has 2 heterocycles. The van der Waals surface area contributed by atoms with Gasteiger partial charge in [-0.3, -0.25) is 14.4 Å². The van der Waals surface area contributed by atoms with Gasteiger partial charge in [-0.05, 0) is 53.3 Å². The summed E-state index contributed by atoms with van der Waals surface area (Å²) < 4.78 is -1.66. The molecular weight excluding hydrogens is 608 g/mol. The minimum Gasteiger partial charge on any atom is -0.339 e. The van der Waals surface area contributed by atoms with Crippen molar-refractivity contribution in [3.8, 4) is 0 Å². The van der Waals surface area contributed by atoms with Crippen LogP contribution >= 0.6 is 31.9 Å². The highest BCUT2D eigenvalue weighted by Gasteiger charge is 2.72. The molecule has 0 aromatic heterocycles. The number of hydrogen-bond acceptors (Lipinski definition) is 3. The Bertz CT molecular complexity index is 1390. The Balaban J connectivity index is 1.34. The second-order valence-corrected chi connectivity index (χ2v) is 13.2. The molecule has 38 heavy (non-hydrogen) atoms. The molecule has 8 rings (SSSR count). The summed E-state index contributed by atoms with van der Waals surface area (Å²) in [5.74, 6) is -1.81. The third-order valence-corrected chi connectivity index (χ3v) is 11.5. The van der Waals surface area contributed by atoms with Crippen molar-refractivity contribution in [3.63, 3.8) is 0 Å². The number of alkyl halides is 2. The Morgan fingerprint density at radius 1 is 0.684 bits per heavy atom. The highest BCUT2D eigenvalue weighted by atomic mass is 79.9. The first kappa shape index (κ1) is 24.3. The Morgan fingerprint density at radius 2 is 1.16 bits per heavy atom. The van der Waals surface area contributed by atoms with E-state index >= 15 is 0 Å². The summed E-state index contributed by atoms with van der Waals surface area (Å²) >= 11 is 8.09. The molecule has 0 saturated carbocycles. The quantitative estimate of drug-likeness (QED) is 0.253. The van der Waals surface area contributed by atoms with E-state index in [9.17, 15) is 14.4 Å². The fourth-order valence-corrected chi connectivity index (χ4v) is 9.46. The number of benzene rings is 3. The van der Waals surface area contributed by atoms with Crippen LogP contribution in [-0.4, -0.2) is 35.7 Å². The Hall–Kier alpha value is -2.77. The summed E-state index contributed by atoms with van der Waals surface area (Å²) in [7, 11) is 0. The number of nitrogens with zero attached hydrogens (tertiary/aromatic N) is 2. The van der Waals surface area contributed by atoms with Gasteiger partial charge in [0.1, 0.15) is 0 Å². The highest BCUT2D eigenvalue weighted by Crippen LogP contribution is 2.70. The van der Waals surface area contributed by atoms with Crippen molar-refractivity contribution in [1.29, 1.82) is 0 Å². The van der Waals surface area contributed by atoms with Gasteiger partial charge in [-0.2, -0.15) is 0 Å². The molecule has 3 amide bonds. The molecule has 0 unspecified atom stereocenters. The normalized spacial score (nSPS) is 29.5. The molecule has 3 aromatic rings. The number of halogens is 2. The summed E-state index contributed by atoms with van der Waals surface area (Å²) in [5, 5.41) is 0. The maximum Gasteiger partial charge on any atom is 0.253 e. The average molecular weight is 634 g/mol. The van der Waals surface area contributed by atoms with Crippen molar-refractivity contribution in [3.05, 3.63) is 101 Å². The smallest absolute Gasteiger partial charge is 0.253 e. The summed E-state index contributed by atoms with van der Waals surface area (Å²) in [4.78, 5) is 45.2. The summed E-state index contributed by atoms with van der Waals surface area (Å²) in [6.45, 7) is 1.48. The van der Waals surface area contributed by atoms with Crippen molar-refractivity contribution in [2.45, 2.75) is 34.3 Å². The zero-order chi connectivity index (χ0) is 26.2. The number of imide groups is 1. The van der Waals surface area contributed by atoms with E-state index in [-0.39, 0.29) is 17.7 Å². The lowest BCUT2D eigenvalue weighted by atomic mass is 9.54. The van der Waals surface area contributed by atoms with E-state index in [1.54, 1.807) is 24.3 Å². The van der Waals surface area contributed by atoms with Gasteiger partial charge < -0.3 is 4.90 Å². The Labute approximate surface area is 238 Å². The van der Waals surface area contributed by atoms with Gasteiger partial charge in [-0.15, -0.1) is 0 Å². The molecule has 0 radical (unpaired) electrons. The fourth-order valence-electron chi connectivity index (χ4n) is 7.16. The fraction of sp³-hybridized carbons (Fsp3) is 0.323. The molecule has 2 saturated heterocycles. The summed E-state index contributed by atoms with van der Waals surface area (Å²) in [5.41, 5.74) is 4.98. The van der Waals surface area contributed by atoms with E-state index in [2.05, 4.69) is 31.9 Å². The van der Waals surface area contributed by atoms with E-state index in [4.69, 9.17) is 0 Å². The Kier molecular flexibility index (Phi) is 5.51. The van der Waals surface area contributed by atoms with E-state index in [1.165, 1.54) is 4.90 Å². The predicted octanol–water partition coefficient (Wildman–Crippen LogP) is 6.11. The van der Waals surface area contributed by atoms with Crippen molar-refractivity contribution >= 4 is 55.3 Å². The van der Waals surface area contributed by atoms with Crippen molar-refractivity contribution in [1.82, 2.24) is 4.90 Å². The maximum atomic E-state index is 14.3. The van der Waals surface area contributed by atoms with Gasteiger partial charge in [0.25, 0.3) is 5.91 Å². The molecule has 3 aromatic carbocycles. The van der Waals surface area contributed by atoms with Gasteiger partial charge in [-0.25, -0.2) is 4.90 Å². The summed E-state index contributed by atoms with van der Waals surface area (Å²) in [6.07, 6.45) is 4.27. The van der Waals surface area contributed by atoms with Gasteiger partial charge in [0.15, 0.2) is 0 Å². The van der Waals surface area contributed by atoms with Crippen LogP contribution in [0.1, 0.15) is 58.3 Å².